The second-order valence-corrected chi connectivity index (χ2v) is 10.1. The van der Waals surface area contributed by atoms with Crippen LogP contribution in [-0.4, -0.2) is 5.62 Å². The van der Waals surface area contributed by atoms with Crippen LogP contribution in [0.4, 0.5) is 11.4 Å². The van der Waals surface area contributed by atoms with Crippen LogP contribution in [-0.2, 0) is 0 Å². The van der Waals surface area contributed by atoms with Gasteiger partial charge < -0.3 is 17.1 Å². The number of nitrogens with one attached hydrogen (secondary N) is 1. The van der Waals surface area contributed by atoms with Crippen LogP contribution in [0.15, 0.2) is 48.8 Å². The van der Waals surface area contributed by atoms with E-state index in [1.165, 1.54) is 38.5 Å². The van der Waals surface area contributed by atoms with Gasteiger partial charge in [0.2, 0.25) is 0 Å². The molecule has 0 bridgehead atoms. The van der Waals surface area contributed by atoms with E-state index in [0.717, 1.165) is 0 Å². The second-order valence-electron chi connectivity index (χ2n) is 9.73. The van der Waals surface area contributed by atoms with Crippen molar-refractivity contribution >= 4 is 23.0 Å². The van der Waals surface area contributed by atoms with Crippen LogP contribution in [0.3, 0.4) is 0 Å². The van der Waals surface area contributed by atoms with Crippen LogP contribution in [0.5, 0.6) is 0 Å². The van der Waals surface area contributed by atoms with Crippen molar-refractivity contribution in [2.24, 2.45) is 0 Å². The van der Waals surface area contributed by atoms with Crippen molar-refractivity contribution in [1.29, 1.82) is 0 Å². The summed E-state index contributed by atoms with van der Waals surface area (Å²) >= 11 is 7.25. The smallest absolute Gasteiger partial charge is 1.00 e. The van der Waals surface area contributed by atoms with E-state index in [1.54, 1.807) is 0 Å². The summed E-state index contributed by atoms with van der Waals surface area (Å²) in [6.45, 7) is 18.1. The summed E-state index contributed by atoms with van der Waals surface area (Å²) in [6.07, 6.45) is 4.44. The van der Waals surface area contributed by atoms with E-state index in [0.29, 0.717) is 23.7 Å². The van der Waals surface area contributed by atoms with Crippen molar-refractivity contribution in [3.05, 3.63) is 71.1 Å². The third-order valence-electron chi connectivity index (χ3n) is 6.18. The molecule has 178 valence electrons. The van der Waals surface area contributed by atoms with E-state index in [9.17, 15) is 0 Å². The SMILES string of the molecule is CC(C)c1cccc(C(C)C)c1N1C=C[NH+](c2c(C(C)C)cccc2C(C)C)C1Cl.[Cl-].[Cs+].[F-]. The van der Waals surface area contributed by atoms with E-state index in [1.807, 2.05) is 0 Å². The molecule has 2 aromatic carbocycles. The largest absolute Gasteiger partial charge is 1.00 e. The molecule has 1 aliphatic heterocycles. The molecule has 0 radical (unpaired) electrons. The fraction of sp³-hybridized carbons (Fsp3) is 0.481. The van der Waals surface area contributed by atoms with Crippen molar-refractivity contribution < 1.29 is 90.9 Å². The molecule has 3 rings (SSSR count). The normalized spacial score (nSPS) is 17.4. The van der Waals surface area contributed by atoms with Crippen LogP contribution in [0, 0.1) is 0 Å². The van der Waals surface area contributed by atoms with Crippen molar-refractivity contribution in [3.8, 4) is 0 Å². The quantitative estimate of drug-likeness (QED) is 0.300. The molecule has 0 fully saturated rings. The minimum Gasteiger partial charge on any atom is -1.00 e. The first-order valence-electron chi connectivity index (χ1n) is 11.4. The summed E-state index contributed by atoms with van der Waals surface area (Å²) in [5, 5.41) is 0. The fourth-order valence-corrected chi connectivity index (χ4v) is 4.89. The van der Waals surface area contributed by atoms with Gasteiger partial charge in [-0.1, -0.05) is 91.8 Å². The van der Waals surface area contributed by atoms with Crippen molar-refractivity contribution in [1.82, 2.24) is 0 Å². The summed E-state index contributed by atoms with van der Waals surface area (Å²) in [7, 11) is 0. The molecule has 0 amide bonds. The summed E-state index contributed by atoms with van der Waals surface area (Å²) < 4.78 is 0. The molecule has 1 heterocycles. The Kier molecular flexibility index (Phi) is 14.5. The number of quaternary nitrogens is 1. The Hall–Kier alpha value is 0.502. The maximum Gasteiger partial charge on any atom is 1.00 e. The molecule has 0 saturated heterocycles. The van der Waals surface area contributed by atoms with Gasteiger partial charge >= 0.3 is 68.9 Å². The van der Waals surface area contributed by atoms with Crippen LogP contribution < -0.4 is 95.8 Å². The molecule has 2 unspecified atom stereocenters. The van der Waals surface area contributed by atoms with E-state index in [-0.39, 0.29) is 91.6 Å². The first-order chi connectivity index (χ1) is 14.1. The molecular weight excluding hydrogens is 575 g/mol. The monoisotopic (exact) mass is 612 g/mol. The van der Waals surface area contributed by atoms with Crippen LogP contribution in [0.2, 0.25) is 0 Å². The molecule has 0 spiro atoms. The number of hydrogen-bond donors (Lipinski definition) is 1. The zero-order valence-corrected chi connectivity index (χ0v) is 29.4. The Morgan fingerprint density at radius 1 is 0.727 bits per heavy atom. The maximum absolute atomic E-state index is 7.25. The molecule has 2 aromatic rings. The summed E-state index contributed by atoms with van der Waals surface area (Å²) in [4.78, 5) is 3.51. The third kappa shape index (κ3) is 7.05. The molecule has 0 saturated carbocycles. The van der Waals surface area contributed by atoms with Gasteiger partial charge in [-0.05, 0) is 46.4 Å². The first kappa shape index (κ1) is 33.5. The fourth-order valence-electron chi connectivity index (χ4n) is 4.55. The molecule has 1 N–H and O–H groups in total. The van der Waals surface area contributed by atoms with E-state index < -0.39 is 0 Å². The number of alkyl halides is 1. The van der Waals surface area contributed by atoms with E-state index in [4.69, 9.17) is 11.6 Å². The van der Waals surface area contributed by atoms with Crippen LogP contribution >= 0.6 is 11.6 Å². The number of benzene rings is 2. The van der Waals surface area contributed by atoms with Crippen molar-refractivity contribution in [2.75, 3.05) is 4.90 Å². The van der Waals surface area contributed by atoms with Gasteiger partial charge in [0.15, 0.2) is 0 Å². The molecule has 0 aliphatic carbocycles. The van der Waals surface area contributed by atoms with Crippen molar-refractivity contribution in [2.45, 2.75) is 84.7 Å². The molecule has 2 nitrogen and oxygen atoms in total. The standard InChI is InChI=1S/C27H37ClN2.ClH.Cs.FH/c1-17(2)21-11-9-12-22(18(3)4)25(21)29-15-16-30(27(29)28)26-23(19(5)6)13-10-14-24(26)20(7)8;;;/h9-20,27H,1-8H3;1H;;1H/q;;+1;/p-1. The topological polar surface area (TPSA) is 7.68 Å². The Morgan fingerprint density at radius 3 is 1.45 bits per heavy atom. The number of hydrogen-bond acceptors (Lipinski definition) is 1. The van der Waals surface area contributed by atoms with Gasteiger partial charge in [0.1, 0.15) is 11.9 Å². The maximum atomic E-state index is 7.25. The zero-order valence-electron chi connectivity index (χ0n) is 21.6. The molecule has 6 heteroatoms. The van der Waals surface area contributed by atoms with Gasteiger partial charge in [-0.25, -0.2) is 4.90 Å². The van der Waals surface area contributed by atoms with Gasteiger partial charge in [-0.3, -0.25) is 4.90 Å². The minimum absolute atomic E-state index is 0. The van der Waals surface area contributed by atoms with Crippen LogP contribution in [0.1, 0.15) is 101 Å². The molecule has 0 aromatic heterocycles. The number of rotatable bonds is 6. The molecule has 1 aliphatic rings. The summed E-state index contributed by atoms with van der Waals surface area (Å²) in [5.41, 5.74) is 7.90. The Labute approximate surface area is 270 Å². The first-order valence-corrected chi connectivity index (χ1v) is 11.8. The van der Waals surface area contributed by atoms with E-state index >= 15 is 0 Å². The Bertz CT molecular complexity index is 802. The average molecular weight is 613 g/mol. The number of para-hydroxylation sites is 2. The zero-order chi connectivity index (χ0) is 22.2. The number of nitrogens with zero attached hydrogens (tertiary/aromatic N) is 1. The summed E-state index contributed by atoms with van der Waals surface area (Å²) in [6, 6.07) is 13.4. The van der Waals surface area contributed by atoms with Gasteiger partial charge in [0.25, 0.3) is 5.62 Å². The van der Waals surface area contributed by atoms with Crippen molar-refractivity contribution in [3.63, 3.8) is 0 Å². The van der Waals surface area contributed by atoms with Gasteiger partial charge in [0.05, 0.1) is 11.9 Å². The Morgan fingerprint density at radius 2 is 1.09 bits per heavy atom. The van der Waals surface area contributed by atoms with Gasteiger partial charge in [-0.2, -0.15) is 0 Å². The average Bonchev–Trinajstić information content (AvgIpc) is 3.07. The second kappa shape index (κ2) is 14.3. The Balaban J connectivity index is 0.00000341. The molecule has 33 heavy (non-hydrogen) atoms. The number of anilines is 1. The van der Waals surface area contributed by atoms with E-state index in [2.05, 4.69) is 109 Å². The van der Waals surface area contributed by atoms with Gasteiger partial charge in [0, 0.05) is 11.1 Å². The summed E-state index contributed by atoms with van der Waals surface area (Å²) in [5.74, 6) is 1.78. The molecule has 2 atom stereocenters. The van der Waals surface area contributed by atoms with Gasteiger partial charge in [-0.15, -0.1) is 0 Å². The number of halogens is 3. The molecular formula is C27H38Cl2CsFN2. The third-order valence-corrected chi connectivity index (χ3v) is 6.62. The predicted octanol–water partition coefficient (Wildman–Crippen LogP) is -1.78. The minimum atomic E-state index is -0.209. The van der Waals surface area contributed by atoms with Crippen LogP contribution in [0.25, 0.3) is 0 Å². The predicted molar refractivity (Wildman–Crippen MR) is 131 cm³/mol.